The number of carbonyl (C=O) groups excluding carboxylic acids is 2. The maximum atomic E-state index is 12.3. The largest absolute Gasteiger partial charge is 0.463 e. The van der Waals surface area contributed by atoms with Gasteiger partial charge in [-0.15, -0.1) is 0 Å². The van der Waals surface area contributed by atoms with Gasteiger partial charge in [-0.3, -0.25) is 0 Å². The summed E-state index contributed by atoms with van der Waals surface area (Å²) in [5.74, 6) is -0.370. The Bertz CT molecular complexity index is 588. The van der Waals surface area contributed by atoms with Crippen LogP contribution in [0.3, 0.4) is 0 Å². The molecule has 1 aromatic carbocycles. The van der Waals surface area contributed by atoms with Crippen LogP contribution in [0.1, 0.15) is 26.3 Å². The van der Waals surface area contributed by atoms with Gasteiger partial charge in [0.05, 0.1) is 18.8 Å². The lowest BCUT2D eigenvalue weighted by Crippen LogP contribution is -2.49. The molecule has 0 aliphatic carbocycles. The Labute approximate surface area is 142 Å². The number of benzene rings is 1. The number of hydrogen-bond donors (Lipinski definition) is 1. The van der Waals surface area contributed by atoms with Crippen molar-refractivity contribution in [3.8, 4) is 0 Å². The van der Waals surface area contributed by atoms with Crippen molar-refractivity contribution in [1.82, 2.24) is 4.90 Å². The average Bonchev–Trinajstić information content (AvgIpc) is 2.53. The van der Waals surface area contributed by atoms with Gasteiger partial charge in [-0.1, -0.05) is 12.1 Å². The van der Waals surface area contributed by atoms with Crippen LogP contribution in [-0.2, 0) is 14.3 Å². The molecule has 130 valence electrons. The number of ether oxygens (including phenoxy) is 2. The minimum Gasteiger partial charge on any atom is -0.463 e. The quantitative estimate of drug-likeness (QED) is 0.680. The highest BCUT2D eigenvalue weighted by molar-refractivity contribution is 5.90. The Kier molecular flexibility index (Phi) is 6.37. The van der Waals surface area contributed by atoms with Crippen molar-refractivity contribution < 1.29 is 19.1 Å². The van der Waals surface area contributed by atoms with E-state index in [4.69, 9.17) is 9.47 Å². The number of anilines is 1. The Morgan fingerprint density at radius 1 is 1.25 bits per heavy atom. The van der Waals surface area contributed by atoms with Crippen molar-refractivity contribution in [3.63, 3.8) is 0 Å². The lowest BCUT2D eigenvalue weighted by atomic mass is 10.2. The first-order valence-corrected chi connectivity index (χ1v) is 8.14. The number of urea groups is 1. The Morgan fingerprint density at radius 2 is 1.88 bits per heavy atom. The summed E-state index contributed by atoms with van der Waals surface area (Å²) in [5, 5.41) is 2.88. The second kappa shape index (κ2) is 8.49. The van der Waals surface area contributed by atoms with Crippen LogP contribution in [0.5, 0.6) is 0 Å². The maximum absolute atomic E-state index is 12.3. The maximum Gasteiger partial charge on any atom is 0.330 e. The van der Waals surface area contributed by atoms with Crippen LogP contribution in [0.25, 0.3) is 6.08 Å². The van der Waals surface area contributed by atoms with Crippen LogP contribution in [0.15, 0.2) is 30.3 Å². The second-order valence-corrected chi connectivity index (χ2v) is 5.80. The summed E-state index contributed by atoms with van der Waals surface area (Å²) in [4.78, 5) is 25.3. The van der Waals surface area contributed by atoms with Gasteiger partial charge in [0.25, 0.3) is 0 Å². The van der Waals surface area contributed by atoms with E-state index in [1.54, 1.807) is 30.0 Å². The molecule has 0 spiro atoms. The number of amides is 2. The molecule has 6 heteroatoms. The smallest absolute Gasteiger partial charge is 0.330 e. The van der Waals surface area contributed by atoms with Crippen molar-refractivity contribution in [2.75, 3.05) is 25.0 Å². The molecule has 1 fully saturated rings. The van der Waals surface area contributed by atoms with Crippen LogP contribution >= 0.6 is 0 Å². The normalized spacial score (nSPS) is 20.9. The molecule has 1 aliphatic heterocycles. The first kappa shape index (κ1) is 18.0. The molecule has 2 rings (SSSR count). The van der Waals surface area contributed by atoms with Crippen molar-refractivity contribution in [3.05, 3.63) is 35.9 Å². The van der Waals surface area contributed by atoms with Crippen molar-refractivity contribution >= 4 is 23.8 Å². The summed E-state index contributed by atoms with van der Waals surface area (Å²) in [6.07, 6.45) is 3.13. The molecule has 0 radical (unpaired) electrons. The molecule has 2 amide bonds. The summed E-state index contributed by atoms with van der Waals surface area (Å²) >= 11 is 0. The van der Waals surface area contributed by atoms with Gasteiger partial charge in [0.1, 0.15) is 0 Å². The van der Waals surface area contributed by atoms with E-state index in [0.717, 1.165) is 5.56 Å². The van der Waals surface area contributed by atoms with Crippen LogP contribution in [0, 0.1) is 0 Å². The average molecular weight is 332 g/mol. The zero-order valence-corrected chi connectivity index (χ0v) is 14.3. The number of nitrogens with zero attached hydrogens (tertiary/aromatic N) is 1. The minimum atomic E-state index is -0.370. The molecular weight excluding hydrogens is 308 g/mol. The molecule has 24 heavy (non-hydrogen) atoms. The zero-order valence-electron chi connectivity index (χ0n) is 14.3. The van der Waals surface area contributed by atoms with Crippen LogP contribution in [0.4, 0.5) is 10.5 Å². The van der Waals surface area contributed by atoms with Gasteiger partial charge >= 0.3 is 12.0 Å². The van der Waals surface area contributed by atoms with Crippen molar-refractivity contribution in [2.45, 2.75) is 33.0 Å². The van der Waals surface area contributed by atoms with Gasteiger partial charge in [0.2, 0.25) is 0 Å². The number of carbonyl (C=O) groups is 2. The highest BCUT2D eigenvalue weighted by Crippen LogP contribution is 2.15. The molecule has 1 N–H and O–H groups in total. The zero-order chi connectivity index (χ0) is 17.5. The third-order valence-corrected chi connectivity index (χ3v) is 3.57. The Hall–Kier alpha value is -2.34. The van der Waals surface area contributed by atoms with Crippen LogP contribution < -0.4 is 5.32 Å². The fraction of sp³-hybridized carbons (Fsp3) is 0.444. The van der Waals surface area contributed by atoms with Gasteiger partial charge < -0.3 is 19.7 Å². The highest BCUT2D eigenvalue weighted by atomic mass is 16.5. The second-order valence-electron chi connectivity index (χ2n) is 5.80. The molecule has 0 bridgehead atoms. The monoisotopic (exact) mass is 332 g/mol. The van der Waals surface area contributed by atoms with E-state index in [-0.39, 0.29) is 24.2 Å². The van der Waals surface area contributed by atoms with Gasteiger partial charge in [-0.2, -0.15) is 0 Å². The lowest BCUT2D eigenvalue weighted by Gasteiger charge is -2.35. The van der Waals surface area contributed by atoms with E-state index >= 15 is 0 Å². The highest BCUT2D eigenvalue weighted by Gasteiger charge is 2.25. The van der Waals surface area contributed by atoms with Crippen molar-refractivity contribution in [2.24, 2.45) is 0 Å². The SMILES string of the molecule is CCOC(=O)/C=C/c1ccc(NC(=O)N2CC(C)OC(C)C2)cc1. The molecule has 1 saturated heterocycles. The molecule has 2 atom stereocenters. The van der Waals surface area contributed by atoms with Crippen molar-refractivity contribution in [1.29, 1.82) is 0 Å². The molecule has 1 heterocycles. The third-order valence-electron chi connectivity index (χ3n) is 3.57. The molecule has 0 aromatic heterocycles. The summed E-state index contributed by atoms with van der Waals surface area (Å²) in [6, 6.07) is 7.13. The third kappa shape index (κ3) is 5.38. The summed E-state index contributed by atoms with van der Waals surface area (Å²) < 4.78 is 10.5. The summed E-state index contributed by atoms with van der Waals surface area (Å²) in [5.41, 5.74) is 1.56. The van der Waals surface area contributed by atoms with Gasteiger partial charge in [0, 0.05) is 24.9 Å². The van der Waals surface area contributed by atoms with E-state index in [2.05, 4.69) is 5.32 Å². The topological polar surface area (TPSA) is 67.9 Å². The molecule has 0 saturated carbocycles. The Balaban J connectivity index is 1.91. The van der Waals surface area contributed by atoms with Gasteiger partial charge in [-0.25, -0.2) is 9.59 Å². The fourth-order valence-electron chi connectivity index (χ4n) is 2.58. The standard InChI is InChI=1S/C18H24N2O4/c1-4-23-17(21)10-7-15-5-8-16(9-6-15)19-18(22)20-11-13(2)24-14(3)12-20/h5-10,13-14H,4,11-12H2,1-3H3,(H,19,22)/b10-7+. The fourth-order valence-corrected chi connectivity index (χ4v) is 2.58. The summed E-state index contributed by atoms with van der Waals surface area (Å²) in [6.45, 7) is 7.19. The number of rotatable bonds is 4. The minimum absolute atomic E-state index is 0.0369. The number of nitrogens with one attached hydrogen (secondary N) is 1. The molecular formula is C18H24N2O4. The molecule has 6 nitrogen and oxygen atoms in total. The first-order chi connectivity index (χ1) is 11.5. The Morgan fingerprint density at radius 3 is 2.46 bits per heavy atom. The predicted octanol–water partition coefficient (Wildman–Crippen LogP) is 2.90. The molecule has 2 unspecified atom stereocenters. The van der Waals surface area contributed by atoms with E-state index in [0.29, 0.717) is 25.4 Å². The van der Waals surface area contributed by atoms with Gasteiger partial charge in [0.15, 0.2) is 0 Å². The first-order valence-electron chi connectivity index (χ1n) is 8.14. The van der Waals surface area contributed by atoms with Crippen LogP contribution in [0.2, 0.25) is 0 Å². The van der Waals surface area contributed by atoms with E-state index in [1.807, 2.05) is 26.0 Å². The number of hydrogen-bond acceptors (Lipinski definition) is 4. The van der Waals surface area contributed by atoms with Gasteiger partial charge in [-0.05, 0) is 44.5 Å². The van der Waals surface area contributed by atoms with Crippen LogP contribution in [-0.4, -0.2) is 48.8 Å². The summed E-state index contributed by atoms with van der Waals surface area (Å²) in [7, 11) is 0. The van der Waals surface area contributed by atoms with E-state index < -0.39 is 0 Å². The van der Waals surface area contributed by atoms with E-state index in [9.17, 15) is 9.59 Å². The number of esters is 1. The van der Waals surface area contributed by atoms with E-state index in [1.165, 1.54) is 6.08 Å². The lowest BCUT2D eigenvalue weighted by molar-refractivity contribution is -0.137. The predicted molar refractivity (Wildman–Crippen MR) is 92.7 cm³/mol. The molecule has 1 aliphatic rings. The molecule has 1 aromatic rings. The number of morpholine rings is 1.